The second-order valence-electron chi connectivity index (χ2n) is 5.97. The molecule has 0 atom stereocenters. The van der Waals surface area contributed by atoms with Crippen molar-refractivity contribution >= 4 is 23.3 Å². The van der Waals surface area contributed by atoms with Crippen molar-refractivity contribution in [2.45, 2.75) is 13.3 Å². The molecule has 0 saturated carbocycles. The number of nitrogens with zero attached hydrogens (tertiary/aromatic N) is 3. The summed E-state index contributed by atoms with van der Waals surface area (Å²) in [6, 6.07) is 7.09. The first-order valence-electron chi connectivity index (χ1n) is 8.08. The number of benzene rings is 1. The fourth-order valence-electron chi connectivity index (χ4n) is 2.15. The minimum Gasteiger partial charge on any atom is -0.352 e. The standard InChI is InChI=1S/C18H23N5O2/c1-13(24)14-6-4-7-16(10-14)22-18-20-11-15(12-21-18)17(25)19-8-5-9-23(2)3/h4,6-7,10-12H,5,8-9H2,1-3H3,(H,19,25)(H,20,21,22). The van der Waals surface area contributed by atoms with Crippen molar-refractivity contribution < 1.29 is 9.59 Å². The summed E-state index contributed by atoms with van der Waals surface area (Å²) in [5.41, 5.74) is 1.74. The zero-order valence-electron chi connectivity index (χ0n) is 14.7. The lowest BCUT2D eigenvalue weighted by atomic mass is 10.1. The molecule has 0 bridgehead atoms. The summed E-state index contributed by atoms with van der Waals surface area (Å²) in [6.07, 6.45) is 3.84. The molecule has 0 spiro atoms. The molecule has 7 nitrogen and oxygen atoms in total. The van der Waals surface area contributed by atoms with Gasteiger partial charge in [0.15, 0.2) is 5.78 Å². The van der Waals surface area contributed by atoms with E-state index in [9.17, 15) is 9.59 Å². The SMILES string of the molecule is CC(=O)c1cccc(Nc2ncc(C(=O)NCCCN(C)C)cn2)c1. The Hall–Kier alpha value is -2.80. The molecule has 2 aromatic rings. The predicted octanol–water partition coefficient (Wildman–Crippen LogP) is 2.10. The number of ketones is 1. The molecular weight excluding hydrogens is 318 g/mol. The van der Waals surface area contributed by atoms with Gasteiger partial charge >= 0.3 is 0 Å². The maximum absolute atomic E-state index is 12.0. The van der Waals surface area contributed by atoms with Gasteiger partial charge in [0, 0.05) is 30.2 Å². The molecule has 1 heterocycles. The minimum atomic E-state index is -0.191. The second-order valence-corrected chi connectivity index (χ2v) is 5.97. The third-order valence-corrected chi connectivity index (χ3v) is 3.51. The van der Waals surface area contributed by atoms with Crippen LogP contribution in [0, 0.1) is 0 Å². The topological polar surface area (TPSA) is 87.2 Å². The van der Waals surface area contributed by atoms with Crippen molar-refractivity contribution in [2.24, 2.45) is 0 Å². The van der Waals surface area contributed by atoms with Crippen molar-refractivity contribution in [1.82, 2.24) is 20.2 Å². The van der Waals surface area contributed by atoms with Gasteiger partial charge in [0.05, 0.1) is 5.56 Å². The Balaban J connectivity index is 1.92. The van der Waals surface area contributed by atoms with Gasteiger partial charge in [0.25, 0.3) is 5.91 Å². The summed E-state index contributed by atoms with van der Waals surface area (Å²) in [7, 11) is 3.99. The number of anilines is 2. The number of carbonyl (C=O) groups is 2. The molecule has 25 heavy (non-hydrogen) atoms. The van der Waals surface area contributed by atoms with E-state index in [2.05, 4.69) is 25.5 Å². The number of hydrogen-bond acceptors (Lipinski definition) is 6. The fourth-order valence-corrected chi connectivity index (χ4v) is 2.15. The highest BCUT2D eigenvalue weighted by Crippen LogP contribution is 2.15. The van der Waals surface area contributed by atoms with Crippen molar-refractivity contribution in [2.75, 3.05) is 32.5 Å². The lowest BCUT2D eigenvalue weighted by Gasteiger charge is -2.10. The number of rotatable bonds is 8. The molecule has 1 aromatic carbocycles. The van der Waals surface area contributed by atoms with Gasteiger partial charge in [-0.25, -0.2) is 9.97 Å². The van der Waals surface area contributed by atoms with E-state index in [1.54, 1.807) is 18.2 Å². The molecule has 0 radical (unpaired) electrons. The van der Waals surface area contributed by atoms with Crippen molar-refractivity contribution in [3.05, 3.63) is 47.8 Å². The van der Waals surface area contributed by atoms with Crippen LogP contribution in [0.25, 0.3) is 0 Å². The van der Waals surface area contributed by atoms with Crippen LogP contribution < -0.4 is 10.6 Å². The van der Waals surface area contributed by atoms with E-state index in [1.807, 2.05) is 20.2 Å². The van der Waals surface area contributed by atoms with E-state index in [0.29, 0.717) is 29.3 Å². The van der Waals surface area contributed by atoms with Gasteiger partial charge in [-0.05, 0) is 46.1 Å². The van der Waals surface area contributed by atoms with E-state index in [0.717, 1.165) is 13.0 Å². The van der Waals surface area contributed by atoms with E-state index >= 15 is 0 Å². The Bertz CT molecular complexity index is 729. The number of aromatic nitrogens is 2. The van der Waals surface area contributed by atoms with E-state index < -0.39 is 0 Å². The van der Waals surface area contributed by atoms with Crippen LogP contribution in [0.5, 0.6) is 0 Å². The lowest BCUT2D eigenvalue weighted by molar-refractivity contribution is 0.0950. The fraction of sp³-hybridized carbons (Fsp3) is 0.333. The third-order valence-electron chi connectivity index (χ3n) is 3.51. The average molecular weight is 341 g/mol. The first-order chi connectivity index (χ1) is 12.0. The van der Waals surface area contributed by atoms with Gasteiger partial charge in [0.1, 0.15) is 0 Å². The Labute approximate surface area is 147 Å². The van der Waals surface area contributed by atoms with Gasteiger partial charge in [-0.3, -0.25) is 9.59 Å². The normalized spacial score (nSPS) is 10.6. The zero-order chi connectivity index (χ0) is 18.2. The summed E-state index contributed by atoms with van der Waals surface area (Å²) < 4.78 is 0. The molecule has 0 unspecified atom stereocenters. The van der Waals surface area contributed by atoms with Crippen LogP contribution in [0.4, 0.5) is 11.6 Å². The van der Waals surface area contributed by atoms with Gasteiger partial charge < -0.3 is 15.5 Å². The van der Waals surface area contributed by atoms with Crippen LogP contribution in [0.2, 0.25) is 0 Å². The summed E-state index contributed by atoms with van der Waals surface area (Å²) in [6.45, 7) is 3.04. The summed E-state index contributed by atoms with van der Waals surface area (Å²) in [5.74, 6) is 0.166. The lowest BCUT2D eigenvalue weighted by Crippen LogP contribution is -2.27. The van der Waals surface area contributed by atoms with Crippen LogP contribution in [-0.4, -0.2) is 53.7 Å². The first kappa shape index (κ1) is 18.5. The maximum atomic E-state index is 12.0. The predicted molar refractivity (Wildman–Crippen MR) is 97.3 cm³/mol. The van der Waals surface area contributed by atoms with Crippen LogP contribution in [0.1, 0.15) is 34.1 Å². The molecule has 0 aliphatic carbocycles. The Kier molecular flexibility index (Phi) is 6.59. The molecule has 1 amide bonds. The van der Waals surface area contributed by atoms with Crippen LogP contribution in [-0.2, 0) is 0 Å². The largest absolute Gasteiger partial charge is 0.352 e. The van der Waals surface area contributed by atoms with Crippen molar-refractivity contribution in [3.63, 3.8) is 0 Å². The number of Topliss-reactive ketones (excluding diaryl/α,β-unsaturated/α-hetero) is 1. The Morgan fingerprint density at radius 2 is 1.84 bits per heavy atom. The molecule has 0 fully saturated rings. The summed E-state index contributed by atoms with van der Waals surface area (Å²) in [4.78, 5) is 33.8. The Morgan fingerprint density at radius 1 is 1.12 bits per heavy atom. The number of carbonyl (C=O) groups excluding carboxylic acids is 2. The van der Waals surface area contributed by atoms with Crippen LogP contribution >= 0.6 is 0 Å². The molecule has 7 heteroatoms. The molecule has 0 saturated heterocycles. The molecule has 0 aliphatic heterocycles. The highest BCUT2D eigenvalue weighted by atomic mass is 16.1. The molecule has 2 N–H and O–H groups in total. The van der Waals surface area contributed by atoms with Gasteiger partial charge in [-0.15, -0.1) is 0 Å². The molecule has 1 aromatic heterocycles. The monoisotopic (exact) mass is 341 g/mol. The molecular formula is C18H23N5O2. The number of amides is 1. The van der Waals surface area contributed by atoms with E-state index in [4.69, 9.17) is 0 Å². The van der Waals surface area contributed by atoms with Gasteiger partial charge in [-0.2, -0.15) is 0 Å². The van der Waals surface area contributed by atoms with E-state index in [-0.39, 0.29) is 11.7 Å². The molecule has 2 rings (SSSR count). The smallest absolute Gasteiger partial charge is 0.254 e. The van der Waals surface area contributed by atoms with Crippen molar-refractivity contribution in [3.8, 4) is 0 Å². The second kappa shape index (κ2) is 8.89. The number of nitrogens with one attached hydrogen (secondary N) is 2. The third kappa shape index (κ3) is 5.96. The van der Waals surface area contributed by atoms with Crippen LogP contribution in [0.3, 0.4) is 0 Å². The highest BCUT2D eigenvalue weighted by Gasteiger charge is 2.07. The minimum absolute atomic E-state index is 0.00847. The summed E-state index contributed by atoms with van der Waals surface area (Å²) >= 11 is 0. The number of hydrogen-bond donors (Lipinski definition) is 2. The van der Waals surface area contributed by atoms with Gasteiger partial charge in [-0.1, -0.05) is 12.1 Å². The first-order valence-corrected chi connectivity index (χ1v) is 8.08. The highest BCUT2D eigenvalue weighted by molar-refractivity contribution is 5.95. The average Bonchev–Trinajstić information content (AvgIpc) is 2.59. The zero-order valence-corrected chi connectivity index (χ0v) is 14.7. The summed E-state index contributed by atoms with van der Waals surface area (Å²) in [5, 5.41) is 5.86. The van der Waals surface area contributed by atoms with Crippen LogP contribution in [0.15, 0.2) is 36.7 Å². The Morgan fingerprint density at radius 3 is 2.48 bits per heavy atom. The molecule has 0 aliphatic rings. The molecule has 132 valence electrons. The van der Waals surface area contributed by atoms with Crippen molar-refractivity contribution in [1.29, 1.82) is 0 Å². The maximum Gasteiger partial charge on any atom is 0.254 e. The van der Waals surface area contributed by atoms with E-state index in [1.165, 1.54) is 19.3 Å². The van der Waals surface area contributed by atoms with Gasteiger partial charge in [0.2, 0.25) is 5.95 Å². The quantitative estimate of drug-likeness (QED) is 0.565.